The van der Waals surface area contributed by atoms with E-state index in [1.165, 1.54) is 0 Å². The minimum absolute atomic E-state index is 0.653. The number of hydrogen-bond donors (Lipinski definition) is 1. The highest BCUT2D eigenvalue weighted by molar-refractivity contribution is 5.31. The number of likely N-dealkylation sites (N-methyl/N-ethyl adjacent to an activating group) is 1. The number of aryl methyl sites for hydroxylation is 1. The van der Waals surface area contributed by atoms with Crippen LogP contribution in [-0.4, -0.2) is 43.8 Å². The van der Waals surface area contributed by atoms with Crippen molar-refractivity contribution in [1.82, 2.24) is 15.3 Å². The van der Waals surface area contributed by atoms with Crippen molar-refractivity contribution in [2.24, 2.45) is 5.92 Å². The van der Waals surface area contributed by atoms with E-state index in [0.29, 0.717) is 12.5 Å². The summed E-state index contributed by atoms with van der Waals surface area (Å²) in [5.41, 5.74) is 2.19. The molecule has 5 nitrogen and oxygen atoms in total. The van der Waals surface area contributed by atoms with E-state index in [9.17, 15) is 0 Å². The zero-order chi connectivity index (χ0) is 14.3. The molecule has 1 N–H and O–H groups in total. The van der Waals surface area contributed by atoms with Crippen LogP contribution in [0.3, 0.4) is 0 Å². The van der Waals surface area contributed by atoms with Crippen LogP contribution >= 0.6 is 0 Å². The van der Waals surface area contributed by atoms with Gasteiger partial charge in [0.1, 0.15) is 0 Å². The molecule has 0 unspecified atom stereocenters. The fourth-order valence-corrected chi connectivity index (χ4v) is 1.66. The van der Waals surface area contributed by atoms with Crippen molar-refractivity contribution >= 4 is 5.95 Å². The fraction of sp³-hybridized carbons (Fsp3) is 0.714. The maximum atomic E-state index is 5.06. The van der Waals surface area contributed by atoms with Gasteiger partial charge in [-0.1, -0.05) is 13.8 Å². The number of anilines is 1. The number of ether oxygens (including phenoxy) is 1. The molecule has 0 aromatic carbocycles. The summed E-state index contributed by atoms with van der Waals surface area (Å²) >= 11 is 0. The van der Waals surface area contributed by atoms with Gasteiger partial charge in [0.2, 0.25) is 5.95 Å². The highest BCUT2D eigenvalue weighted by atomic mass is 16.5. The van der Waals surface area contributed by atoms with Crippen LogP contribution in [-0.2, 0) is 11.3 Å². The average molecular weight is 266 g/mol. The van der Waals surface area contributed by atoms with Crippen LogP contribution in [0.1, 0.15) is 25.1 Å². The van der Waals surface area contributed by atoms with Crippen molar-refractivity contribution in [1.29, 1.82) is 0 Å². The minimum atomic E-state index is 0.653. The molecule has 1 aromatic rings. The second-order valence-corrected chi connectivity index (χ2v) is 5.22. The van der Waals surface area contributed by atoms with E-state index in [4.69, 9.17) is 4.74 Å². The highest BCUT2D eigenvalue weighted by Crippen LogP contribution is 2.10. The van der Waals surface area contributed by atoms with Crippen molar-refractivity contribution in [2.75, 3.05) is 38.8 Å². The Morgan fingerprint density at radius 3 is 2.74 bits per heavy atom. The molecular formula is C14H26N4O. The summed E-state index contributed by atoms with van der Waals surface area (Å²) in [7, 11) is 3.67. The van der Waals surface area contributed by atoms with Gasteiger partial charge in [-0.15, -0.1) is 0 Å². The molecule has 108 valence electrons. The van der Waals surface area contributed by atoms with Crippen LogP contribution in [0.4, 0.5) is 5.95 Å². The standard InChI is InChI=1S/C14H26N4O/c1-11(2)8-15-9-13-10-16-14(17-12(13)3)18(4)6-7-19-5/h10-11,15H,6-9H2,1-5H3. The lowest BCUT2D eigenvalue weighted by molar-refractivity contribution is 0.206. The summed E-state index contributed by atoms with van der Waals surface area (Å²) in [5, 5.41) is 3.41. The molecule has 0 aliphatic rings. The van der Waals surface area contributed by atoms with Crippen LogP contribution in [0.25, 0.3) is 0 Å². The SMILES string of the molecule is COCCN(C)c1ncc(CNCC(C)C)c(C)n1. The first-order valence-corrected chi connectivity index (χ1v) is 6.78. The van der Waals surface area contributed by atoms with Crippen molar-refractivity contribution < 1.29 is 4.74 Å². The first-order valence-electron chi connectivity index (χ1n) is 6.78. The molecule has 0 bridgehead atoms. The topological polar surface area (TPSA) is 50.3 Å². The van der Waals surface area contributed by atoms with E-state index in [1.54, 1.807) is 7.11 Å². The van der Waals surface area contributed by atoms with Gasteiger partial charge in [-0.2, -0.15) is 0 Å². The first-order chi connectivity index (χ1) is 9.04. The summed E-state index contributed by atoms with van der Waals surface area (Å²) in [4.78, 5) is 11.0. The van der Waals surface area contributed by atoms with Crippen LogP contribution in [0.15, 0.2) is 6.20 Å². The minimum Gasteiger partial charge on any atom is -0.383 e. The third kappa shape index (κ3) is 5.53. The third-order valence-electron chi connectivity index (χ3n) is 2.91. The van der Waals surface area contributed by atoms with E-state index in [0.717, 1.165) is 36.8 Å². The van der Waals surface area contributed by atoms with Crippen molar-refractivity contribution in [2.45, 2.75) is 27.3 Å². The number of methoxy groups -OCH3 is 1. The van der Waals surface area contributed by atoms with Crippen LogP contribution in [0.2, 0.25) is 0 Å². The Labute approximate surface area is 116 Å². The predicted molar refractivity (Wildman–Crippen MR) is 78.5 cm³/mol. The van der Waals surface area contributed by atoms with Gasteiger partial charge in [-0.05, 0) is 19.4 Å². The van der Waals surface area contributed by atoms with Gasteiger partial charge in [0.25, 0.3) is 0 Å². The smallest absolute Gasteiger partial charge is 0.225 e. The quantitative estimate of drug-likeness (QED) is 0.775. The zero-order valence-electron chi connectivity index (χ0n) is 12.7. The molecule has 0 aliphatic carbocycles. The maximum Gasteiger partial charge on any atom is 0.225 e. The van der Waals surface area contributed by atoms with Crippen molar-refractivity contribution in [3.63, 3.8) is 0 Å². The summed E-state index contributed by atoms with van der Waals surface area (Å²) in [6.45, 7) is 9.73. The Bertz CT molecular complexity index is 382. The Morgan fingerprint density at radius 1 is 1.42 bits per heavy atom. The van der Waals surface area contributed by atoms with Crippen molar-refractivity contribution in [3.05, 3.63) is 17.5 Å². The van der Waals surface area contributed by atoms with E-state index in [2.05, 4.69) is 29.1 Å². The van der Waals surface area contributed by atoms with E-state index < -0.39 is 0 Å². The third-order valence-corrected chi connectivity index (χ3v) is 2.91. The lowest BCUT2D eigenvalue weighted by Gasteiger charge is -2.17. The summed E-state index contributed by atoms with van der Waals surface area (Å²) < 4.78 is 5.06. The highest BCUT2D eigenvalue weighted by Gasteiger charge is 2.07. The second-order valence-electron chi connectivity index (χ2n) is 5.22. The van der Waals surface area contributed by atoms with Crippen molar-refractivity contribution in [3.8, 4) is 0 Å². The normalized spacial score (nSPS) is 11.1. The lowest BCUT2D eigenvalue weighted by atomic mass is 10.2. The average Bonchev–Trinajstić information content (AvgIpc) is 2.37. The van der Waals surface area contributed by atoms with E-state index >= 15 is 0 Å². The summed E-state index contributed by atoms with van der Waals surface area (Å²) in [6, 6.07) is 0. The number of rotatable bonds is 8. The Morgan fingerprint density at radius 2 is 2.16 bits per heavy atom. The number of hydrogen-bond acceptors (Lipinski definition) is 5. The Kier molecular flexibility index (Phi) is 6.73. The molecule has 0 radical (unpaired) electrons. The fourth-order valence-electron chi connectivity index (χ4n) is 1.66. The molecule has 1 heterocycles. The lowest BCUT2D eigenvalue weighted by Crippen LogP contribution is -2.25. The molecule has 0 saturated heterocycles. The van der Waals surface area contributed by atoms with Gasteiger partial charge in [-0.3, -0.25) is 0 Å². The number of nitrogens with one attached hydrogen (secondary N) is 1. The predicted octanol–water partition coefficient (Wildman–Crippen LogP) is 1.61. The molecule has 1 aromatic heterocycles. The zero-order valence-corrected chi connectivity index (χ0v) is 12.7. The molecule has 0 fully saturated rings. The van der Waals surface area contributed by atoms with E-state index in [-0.39, 0.29) is 0 Å². The second kappa shape index (κ2) is 8.07. The summed E-state index contributed by atoms with van der Waals surface area (Å²) in [6.07, 6.45) is 1.91. The largest absolute Gasteiger partial charge is 0.383 e. The molecule has 19 heavy (non-hydrogen) atoms. The van der Waals surface area contributed by atoms with Gasteiger partial charge < -0.3 is 15.0 Å². The van der Waals surface area contributed by atoms with Crippen LogP contribution in [0, 0.1) is 12.8 Å². The maximum absolute atomic E-state index is 5.06. The molecule has 0 atom stereocenters. The number of aromatic nitrogens is 2. The molecule has 0 aliphatic heterocycles. The van der Waals surface area contributed by atoms with Gasteiger partial charge in [0.05, 0.1) is 6.61 Å². The number of nitrogens with zero attached hydrogens (tertiary/aromatic N) is 3. The van der Waals surface area contributed by atoms with Gasteiger partial charge in [0, 0.05) is 44.7 Å². The first kappa shape index (κ1) is 15.9. The van der Waals surface area contributed by atoms with E-state index in [1.807, 2.05) is 25.1 Å². The summed E-state index contributed by atoms with van der Waals surface area (Å²) in [5.74, 6) is 1.41. The van der Waals surface area contributed by atoms with Gasteiger partial charge >= 0.3 is 0 Å². The monoisotopic (exact) mass is 266 g/mol. The van der Waals surface area contributed by atoms with Crippen LogP contribution in [0.5, 0.6) is 0 Å². The molecule has 0 amide bonds. The van der Waals surface area contributed by atoms with Crippen LogP contribution < -0.4 is 10.2 Å². The Hall–Kier alpha value is -1.20. The molecule has 5 heteroatoms. The molecule has 0 spiro atoms. The molecule has 1 rings (SSSR count). The molecule has 0 saturated carbocycles. The molecular weight excluding hydrogens is 240 g/mol. The Balaban J connectivity index is 2.58. The van der Waals surface area contributed by atoms with Gasteiger partial charge in [0.15, 0.2) is 0 Å². The van der Waals surface area contributed by atoms with Gasteiger partial charge in [-0.25, -0.2) is 9.97 Å².